The first-order valence-electron chi connectivity index (χ1n) is 9.46. The Bertz CT molecular complexity index is 951. The maximum atomic E-state index is 12.5. The van der Waals surface area contributed by atoms with Crippen molar-refractivity contribution in [2.75, 3.05) is 23.3 Å². The van der Waals surface area contributed by atoms with Crippen LogP contribution in [0.1, 0.15) is 23.1 Å². The van der Waals surface area contributed by atoms with E-state index < -0.39 is 5.92 Å². The minimum atomic E-state index is -0.475. The van der Waals surface area contributed by atoms with Gasteiger partial charge in [0.25, 0.3) is 0 Å². The van der Waals surface area contributed by atoms with Crippen LogP contribution in [0.25, 0.3) is 0 Å². The molecule has 0 aliphatic carbocycles. The third kappa shape index (κ3) is 5.03. The van der Waals surface area contributed by atoms with Gasteiger partial charge in [0, 0.05) is 28.8 Å². The van der Waals surface area contributed by atoms with Crippen molar-refractivity contribution in [1.29, 1.82) is 0 Å². The monoisotopic (exact) mass is 457 g/mol. The number of hydrogen-bond acceptors (Lipinski definition) is 3. The quantitative estimate of drug-likeness (QED) is 0.720. The van der Waals surface area contributed by atoms with Crippen LogP contribution in [0.5, 0.6) is 0 Å². The molecule has 0 aromatic heterocycles. The molecule has 1 atom stereocenters. The van der Waals surface area contributed by atoms with Gasteiger partial charge in [0.1, 0.15) is 0 Å². The summed E-state index contributed by atoms with van der Waals surface area (Å²) in [6.45, 7) is 6.06. The Balaban J connectivity index is 1.56. The first-order valence-corrected chi connectivity index (χ1v) is 10.2. The van der Waals surface area contributed by atoms with Gasteiger partial charge in [-0.15, -0.1) is 0 Å². The average molecular weight is 458 g/mol. The van der Waals surface area contributed by atoms with Gasteiger partial charge in [0.15, 0.2) is 0 Å². The molecule has 7 heteroatoms. The maximum absolute atomic E-state index is 12.5. The molecule has 2 N–H and O–H groups in total. The second-order valence-corrected chi connectivity index (χ2v) is 8.34. The van der Waals surface area contributed by atoms with Gasteiger partial charge < -0.3 is 15.5 Å². The lowest BCUT2D eigenvalue weighted by molar-refractivity contribution is -0.127. The highest BCUT2D eigenvalue weighted by molar-refractivity contribution is 9.10. The van der Waals surface area contributed by atoms with Gasteiger partial charge in [-0.3, -0.25) is 14.4 Å². The van der Waals surface area contributed by atoms with Crippen LogP contribution >= 0.6 is 15.9 Å². The first kappa shape index (κ1) is 21.0. The van der Waals surface area contributed by atoms with Crippen LogP contribution < -0.4 is 15.5 Å². The van der Waals surface area contributed by atoms with Crippen LogP contribution in [-0.4, -0.2) is 30.8 Å². The summed E-state index contributed by atoms with van der Waals surface area (Å²) < 4.78 is 0.870. The van der Waals surface area contributed by atoms with Crippen molar-refractivity contribution in [3.63, 3.8) is 0 Å². The summed E-state index contributed by atoms with van der Waals surface area (Å²) >= 11 is 3.39. The summed E-state index contributed by atoms with van der Waals surface area (Å²) in [5, 5.41) is 5.52. The van der Waals surface area contributed by atoms with E-state index in [1.54, 1.807) is 4.90 Å². The van der Waals surface area contributed by atoms with E-state index in [0.29, 0.717) is 6.54 Å². The van der Waals surface area contributed by atoms with Gasteiger partial charge >= 0.3 is 0 Å². The fourth-order valence-electron chi connectivity index (χ4n) is 3.65. The third-order valence-corrected chi connectivity index (χ3v) is 5.47. The Labute approximate surface area is 178 Å². The number of rotatable bonds is 5. The molecule has 1 aliphatic rings. The Hall–Kier alpha value is -2.67. The predicted molar refractivity (Wildman–Crippen MR) is 117 cm³/mol. The summed E-state index contributed by atoms with van der Waals surface area (Å²) in [5.74, 6) is -1.15. The number of carbonyl (C=O) groups is 3. The summed E-state index contributed by atoms with van der Waals surface area (Å²) in [5.41, 5.74) is 4.61. The summed E-state index contributed by atoms with van der Waals surface area (Å²) in [7, 11) is 0. The number of anilines is 2. The van der Waals surface area contributed by atoms with Crippen molar-refractivity contribution < 1.29 is 14.4 Å². The molecule has 2 aromatic rings. The van der Waals surface area contributed by atoms with Crippen LogP contribution in [0.2, 0.25) is 0 Å². The number of nitrogens with one attached hydrogen (secondary N) is 2. The number of amides is 3. The van der Waals surface area contributed by atoms with E-state index in [9.17, 15) is 14.4 Å². The minimum Gasteiger partial charge on any atom is -0.347 e. The molecule has 0 spiro atoms. The molecule has 1 unspecified atom stereocenters. The fourth-order valence-corrected chi connectivity index (χ4v) is 4.04. The first-order chi connectivity index (χ1) is 13.7. The normalized spacial score (nSPS) is 16.1. The van der Waals surface area contributed by atoms with Crippen molar-refractivity contribution in [3.05, 3.63) is 57.6 Å². The maximum Gasteiger partial charge on any atom is 0.243 e. The highest BCUT2D eigenvalue weighted by atomic mass is 79.9. The molecule has 1 heterocycles. The molecule has 3 rings (SSSR count). The lowest BCUT2D eigenvalue weighted by Crippen LogP contribution is -2.38. The van der Waals surface area contributed by atoms with E-state index >= 15 is 0 Å². The minimum absolute atomic E-state index is 0.0985. The van der Waals surface area contributed by atoms with E-state index in [2.05, 4.69) is 26.6 Å². The van der Waals surface area contributed by atoms with Crippen LogP contribution in [0.3, 0.4) is 0 Å². The van der Waals surface area contributed by atoms with Crippen LogP contribution in [0, 0.1) is 26.7 Å². The van der Waals surface area contributed by atoms with E-state index in [1.165, 1.54) is 0 Å². The van der Waals surface area contributed by atoms with Crippen LogP contribution in [0.15, 0.2) is 40.9 Å². The Morgan fingerprint density at radius 3 is 2.48 bits per heavy atom. The number of hydrogen-bond donors (Lipinski definition) is 2. The second kappa shape index (κ2) is 8.78. The number of benzene rings is 2. The average Bonchev–Trinajstić information content (AvgIpc) is 3.04. The van der Waals surface area contributed by atoms with Crippen molar-refractivity contribution in [1.82, 2.24) is 5.32 Å². The number of carbonyl (C=O) groups excluding carboxylic acids is 3. The van der Waals surface area contributed by atoms with Crippen molar-refractivity contribution in [3.8, 4) is 0 Å². The molecule has 152 valence electrons. The zero-order valence-electron chi connectivity index (χ0n) is 16.7. The molecule has 29 heavy (non-hydrogen) atoms. The Morgan fingerprint density at radius 2 is 1.83 bits per heavy atom. The van der Waals surface area contributed by atoms with Gasteiger partial charge in [0.2, 0.25) is 17.7 Å². The molecular weight excluding hydrogens is 434 g/mol. The second-order valence-electron chi connectivity index (χ2n) is 7.42. The smallest absolute Gasteiger partial charge is 0.243 e. The summed E-state index contributed by atoms with van der Waals surface area (Å²) in [6, 6.07) is 11.4. The molecule has 6 nitrogen and oxygen atoms in total. The van der Waals surface area contributed by atoms with E-state index in [-0.39, 0.29) is 30.7 Å². The number of nitrogens with zero attached hydrogens (tertiary/aromatic N) is 1. The molecule has 2 aromatic carbocycles. The van der Waals surface area contributed by atoms with Crippen LogP contribution in [0.4, 0.5) is 11.4 Å². The fraction of sp³-hybridized carbons (Fsp3) is 0.318. The Morgan fingerprint density at radius 1 is 1.14 bits per heavy atom. The van der Waals surface area contributed by atoms with Gasteiger partial charge in [-0.25, -0.2) is 0 Å². The van der Waals surface area contributed by atoms with Gasteiger partial charge in [0.05, 0.1) is 12.5 Å². The molecule has 0 bridgehead atoms. The highest BCUT2D eigenvalue weighted by Crippen LogP contribution is 2.27. The molecule has 1 fully saturated rings. The standard InChI is InChI=1S/C22H24BrN3O3/c1-13-7-14(2)21(15(3)8-13)25-19(27)11-24-22(29)16-9-20(28)26(12-16)18-6-4-5-17(23)10-18/h4-8,10,16H,9,11-12H2,1-3H3,(H,24,29)(H,25,27). The highest BCUT2D eigenvalue weighted by Gasteiger charge is 2.35. The molecule has 1 aliphatic heterocycles. The predicted octanol–water partition coefficient (Wildman–Crippen LogP) is 3.48. The van der Waals surface area contributed by atoms with Gasteiger partial charge in [-0.05, 0) is 50.1 Å². The largest absolute Gasteiger partial charge is 0.347 e. The topological polar surface area (TPSA) is 78.5 Å². The molecular formula is C22H24BrN3O3. The zero-order chi connectivity index (χ0) is 21.1. The third-order valence-electron chi connectivity index (χ3n) is 4.98. The van der Waals surface area contributed by atoms with Crippen molar-refractivity contribution >= 4 is 45.0 Å². The zero-order valence-corrected chi connectivity index (χ0v) is 18.3. The van der Waals surface area contributed by atoms with E-state index in [1.807, 2.05) is 57.2 Å². The van der Waals surface area contributed by atoms with Gasteiger partial charge in [-0.1, -0.05) is 39.7 Å². The lowest BCUT2D eigenvalue weighted by Gasteiger charge is -2.17. The number of aryl methyl sites for hydroxylation is 3. The molecule has 1 saturated heterocycles. The molecule has 3 amide bonds. The molecule has 0 saturated carbocycles. The molecule has 0 radical (unpaired) electrons. The SMILES string of the molecule is Cc1cc(C)c(NC(=O)CNC(=O)C2CC(=O)N(c3cccc(Br)c3)C2)c(C)c1. The van der Waals surface area contributed by atoms with Crippen LogP contribution in [-0.2, 0) is 14.4 Å². The number of halogens is 1. The van der Waals surface area contributed by atoms with E-state index in [0.717, 1.165) is 32.5 Å². The lowest BCUT2D eigenvalue weighted by atomic mass is 10.1. The van der Waals surface area contributed by atoms with Crippen molar-refractivity contribution in [2.45, 2.75) is 27.2 Å². The Kier molecular flexibility index (Phi) is 6.37. The van der Waals surface area contributed by atoms with Crippen molar-refractivity contribution in [2.24, 2.45) is 5.92 Å². The van der Waals surface area contributed by atoms with Gasteiger partial charge in [-0.2, -0.15) is 0 Å². The summed E-state index contributed by atoms with van der Waals surface area (Å²) in [6.07, 6.45) is 0.135. The summed E-state index contributed by atoms with van der Waals surface area (Å²) in [4.78, 5) is 38.7. The van der Waals surface area contributed by atoms with E-state index in [4.69, 9.17) is 0 Å².